The molecule has 0 unspecified atom stereocenters. The molecule has 0 saturated heterocycles. The maximum Gasteiger partial charge on any atom is 0.251 e. The minimum absolute atomic E-state index is 0.0318. The molecule has 0 aliphatic rings. The van der Waals surface area contributed by atoms with E-state index in [4.69, 9.17) is 4.74 Å². The summed E-state index contributed by atoms with van der Waals surface area (Å²) < 4.78 is 31.1. The lowest BCUT2D eigenvalue weighted by molar-refractivity contribution is 0.0947. The molecular weight excluding hydrogens is 364 g/mol. The summed E-state index contributed by atoms with van der Waals surface area (Å²) in [4.78, 5) is 12.2. The molecule has 2 aromatic rings. The minimum atomic E-state index is -3.33. The van der Waals surface area contributed by atoms with Gasteiger partial charge < -0.3 is 10.1 Å². The van der Waals surface area contributed by atoms with Crippen LogP contribution in [0.4, 0.5) is 5.69 Å². The third-order valence-corrected chi connectivity index (χ3v) is 5.95. The Bertz CT molecular complexity index is 847. The largest absolute Gasteiger partial charge is 0.492 e. The highest BCUT2D eigenvalue weighted by Crippen LogP contribution is 2.19. The fraction of sp³-hybridized carbons (Fsp3) is 0.350. The highest BCUT2D eigenvalue weighted by atomic mass is 32.2. The van der Waals surface area contributed by atoms with E-state index < -0.39 is 10.0 Å². The first-order valence-electron chi connectivity index (χ1n) is 8.95. The van der Waals surface area contributed by atoms with E-state index in [0.717, 1.165) is 11.3 Å². The van der Waals surface area contributed by atoms with Gasteiger partial charge in [-0.1, -0.05) is 17.7 Å². The molecule has 2 aromatic carbocycles. The zero-order chi connectivity index (χ0) is 19.9. The van der Waals surface area contributed by atoms with Gasteiger partial charge in [0.15, 0.2) is 0 Å². The monoisotopic (exact) mass is 390 g/mol. The average Bonchev–Trinajstić information content (AvgIpc) is 2.67. The first-order chi connectivity index (χ1) is 12.9. The van der Waals surface area contributed by atoms with Crippen LogP contribution in [-0.2, 0) is 10.0 Å². The predicted molar refractivity (Wildman–Crippen MR) is 108 cm³/mol. The lowest BCUT2D eigenvalue weighted by atomic mass is 10.2. The van der Waals surface area contributed by atoms with Crippen LogP contribution < -0.4 is 14.4 Å². The fourth-order valence-corrected chi connectivity index (χ4v) is 3.69. The Morgan fingerprint density at radius 1 is 1.04 bits per heavy atom. The molecule has 1 amide bonds. The summed E-state index contributed by atoms with van der Waals surface area (Å²) in [5.41, 5.74) is 2.19. The van der Waals surface area contributed by atoms with Crippen LogP contribution in [0.1, 0.15) is 29.8 Å². The second-order valence-electron chi connectivity index (χ2n) is 6.03. The zero-order valence-electron chi connectivity index (χ0n) is 15.9. The number of anilines is 1. The number of nitrogens with zero attached hydrogens (tertiary/aromatic N) is 1. The average molecular weight is 391 g/mol. The SMILES string of the molecule is CCN(c1ccc(C(=O)NCCOc2ccc(C)cc2)cc1)S(=O)(=O)CC. The number of carbonyl (C=O) groups excluding carboxylic acids is 1. The lowest BCUT2D eigenvalue weighted by Gasteiger charge is -2.22. The van der Waals surface area contributed by atoms with Crippen molar-refractivity contribution in [1.82, 2.24) is 5.32 Å². The van der Waals surface area contributed by atoms with E-state index in [1.54, 1.807) is 38.1 Å². The molecular formula is C20H26N2O4S. The summed E-state index contributed by atoms with van der Waals surface area (Å²) in [7, 11) is -3.33. The first kappa shape index (κ1) is 20.8. The Labute approximate surface area is 161 Å². The molecule has 0 aromatic heterocycles. The Balaban J connectivity index is 1.88. The first-order valence-corrected chi connectivity index (χ1v) is 10.6. The summed E-state index contributed by atoms with van der Waals surface area (Å²) >= 11 is 0. The molecule has 0 atom stereocenters. The topological polar surface area (TPSA) is 75.7 Å². The number of hydrogen-bond donors (Lipinski definition) is 1. The summed E-state index contributed by atoms with van der Waals surface area (Å²) in [5.74, 6) is 0.566. The van der Waals surface area contributed by atoms with Crippen LogP contribution >= 0.6 is 0 Å². The number of aryl methyl sites for hydroxylation is 1. The second-order valence-corrected chi connectivity index (χ2v) is 8.21. The van der Waals surface area contributed by atoms with Gasteiger partial charge in [-0.3, -0.25) is 9.10 Å². The number of nitrogens with one attached hydrogen (secondary N) is 1. The van der Waals surface area contributed by atoms with Gasteiger partial charge in [0.1, 0.15) is 12.4 Å². The highest BCUT2D eigenvalue weighted by molar-refractivity contribution is 7.92. The molecule has 0 aliphatic carbocycles. The fourth-order valence-electron chi connectivity index (χ4n) is 2.54. The molecule has 146 valence electrons. The van der Waals surface area contributed by atoms with E-state index in [9.17, 15) is 13.2 Å². The molecule has 6 nitrogen and oxygen atoms in total. The Morgan fingerprint density at radius 3 is 2.22 bits per heavy atom. The molecule has 2 rings (SSSR count). The van der Waals surface area contributed by atoms with E-state index in [1.165, 1.54) is 4.31 Å². The van der Waals surface area contributed by atoms with Crippen LogP contribution in [0.25, 0.3) is 0 Å². The van der Waals surface area contributed by atoms with Crippen LogP contribution in [0, 0.1) is 6.92 Å². The summed E-state index contributed by atoms with van der Waals surface area (Å²) in [5, 5.41) is 2.79. The maximum absolute atomic E-state index is 12.2. The minimum Gasteiger partial charge on any atom is -0.492 e. The number of ether oxygens (including phenoxy) is 1. The van der Waals surface area contributed by atoms with Crippen molar-refractivity contribution in [1.29, 1.82) is 0 Å². The van der Waals surface area contributed by atoms with E-state index in [1.807, 2.05) is 31.2 Å². The van der Waals surface area contributed by atoms with E-state index in [2.05, 4.69) is 5.32 Å². The molecule has 0 radical (unpaired) electrons. The third-order valence-electron chi connectivity index (χ3n) is 4.08. The number of hydrogen-bond acceptors (Lipinski definition) is 4. The van der Waals surface area contributed by atoms with Crippen molar-refractivity contribution in [3.05, 3.63) is 59.7 Å². The van der Waals surface area contributed by atoms with Crippen molar-refractivity contribution in [3.8, 4) is 5.75 Å². The number of amides is 1. The number of carbonyl (C=O) groups is 1. The Morgan fingerprint density at radius 2 is 1.67 bits per heavy atom. The van der Waals surface area contributed by atoms with Crippen molar-refractivity contribution in [2.24, 2.45) is 0 Å². The van der Waals surface area contributed by atoms with Crippen molar-refractivity contribution in [2.45, 2.75) is 20.8 Å². The van der Waals surface area contributed by atoms with E-state index >= 15 is 0 Å². The van der Waals surface area contributed by atoms with Crippen molar-refractivity contribution < 1.29 is 17.9 Å². The molecule has 0 fully saturated rings. The van der Waals surface area contributed by atoms with Crippen LogP contribution in [0.5, 0.6) is 5.75 Å². The van der Waals surface area contributed by atoms with E-state index in [0.29, 0.717) is 30.9 Å². The molecule has 0 aliphatic heterocycles. The smallest absolute Gasteiger partial charge is 0.251 e. The normalized spacial score (nSPS) is 11.1. The van der Waals surface area contributed by atoms with Crippen molar-refractivity contribution >= 4 is 21.6 Å². The van der Waals surface area contributed by atoms with Crippen LogP contribution in [0.15, 0.2) is 48.5 Å². The molecule has 1 N–H and O–H groups in total. The molecule has 0 heterocycles. The van der Waals surface area contributed by atoms with Gasteiger partial charge >= 0.3 is 0 Å². The molecule has 7 heteroatoms. The van der Waals surface area contributed by atoms with Crippen molar-refractivity contribution in [2.75, 3.05) is 29.8 Å². The van der Waals surface area contributed by atoms with Gasteiger partial charge in [0.2, 0.25) is 10.0 Å². The van der Waals surface area contributed by atoms with Gasteiger partial charge in [-0.2, -0.15) is 0 Å². The van der Waals surface area contributed by atoms with Crippen LogP contribution in [0.2, 0.25) is 0 Å². The standard InChI is InChI=1S/C20H26N2O4S/c1-4-22(27(24,25)5-2)18-10-8-17(9-11-18)20(23)21-14-15-26-19-12-6-16(3)7-13-19/h6-13H,4-5,14-15H2,1-3H3,(H,21,23). The third kappa shape index (κ3) is 5.72. The summed E-state index contributed by atoms with van der Waals surface area (Å²) in [6, 6.07) is 14.3. The van der Waals surface area contributed by atoms with Crippen molar-refractivity contribution in [3.63, 3.8) is 0 Å². The number of benzene rings is 2. The van der Waals surface area contributed by atoms with Crippen LogP contribution in [-0.4, -0.2) is 39.8 Å². The lowest BCUT2D eigenvalue weighted by Crippen LogP contribution is -2.32. The van der Waals surface area contributed by atoms with E-state index in [-0.39, 0.29) is 11.7 Å². The van der Waals surface area contributed by atoms with Gasteiger partial charge in [0.25, 0.3) is 5.91 Å². The van der Waals surface area contributed by atoms with Gasteiger partial charge in [-0.25, -0.2) is 8.42 Å². The number of sulfonamides is 1. The number of rotatable bonds is 9. The molecule has 0 saturated carbocycles. The molecule has 0 bridgehead atoms. The van der Waals surface area contributed by atoms with Crippen LogP contribution in [0.3, 0.4) is 0 Å². The Kier molecular flexibility index (Phi) is 7.24. The maximum atomic E-state index is 12.2. The zero-order valence-corrected chi connectivity index (χ0v) is 16.8. The van der Waals surface area contributed by atoms with Gasteiger partial charge in [0, 0.05) is 12.1 Å². The molecule has 0 spiro atoms. The van der Waals surface area contributed by atoms with Gasteiger partial charge in [0.05, 0.1) is 18.0 Å². The van der Waals surface area contributed by atoms with Gasteiger partial charge in [-0.05, 0) is 57.2 Å². The second kappa shape index (κ2) is 9.41. The quantitative estimate of drug-likeness (QED) is 0.668. The van der Waals surface area contributed by atoms with Gasteiger partial charge in [-0.15, -0.1) is 0 Å². The highest BCUT2D eigenvalue weighted by Gasteiger charge is 2.18. The summed E-state index contributed by atoms with van der Waals surface area (Å²) in [6.07, 6.45) is 0. The summed E-state index contributed by atoms with van der Waals surface area (Å²) in [6.45, 7) is 6.48. The predicted octanol–water partition coefficient (Wildman–Crippen LogP) is 2.98. The molecule has 27 heavy (non-hydrogen) atoms. The Hall–Kier alpha value is -2.54.